The second-order valence-corrected chi connectivity index (χ2v) is 30.6. The highest BCUT2D eigenvalue weighted by molar-refractivity contribution is 7.06. The molecule has 0 unspecified atom stereocenters. The van der Waals surface area contributed by atoms with Crippen molar-refractivity contribution in [1.82, 2.24) is 0 Å². The standard InChI is InChI=1S/C94H56B3F8N5O/c1-94(2,3)57-34-82-86-83(35-57)108(68-44-62(102)38-63(103)45-68)80-49-81-77(48-76(80)96(86)73-29-25-56(52-18-10-5-11-19-52)33-79(73)106(82)66-40-58(98)36-59(99)41-66)97-75-31-27-71(54-22-14-7-15-23-54)93-90(75)110-89-74(30-26-70(92(89)111-93)53-20-12-6-13-21-53)95-72-28-24-55(51-16-8-4-9-17-51)32-78(72)107(67-42-60(100)37-61(101)43-67)84-50-85(88(97)91(110)87(84)95)109(81)69-46-64(104)39-65(105)47-69/h4-50H,1-3H3. The fourth-order valence-corrected chi connectivity index (χ4v) is 18.8. The van der Waals surface area contributed by atoms with Gasteiger partial charge in [0.15, 0.2) is 11.5 Å². The minimum atomic E-state index is -0.882. The van der Waals surface area contributed by atoms with Crippen molar-refractivity contribution < 1.29 is 39.9 Å². The van der Waals surface area contributed by atoms with Gasteiger partial charge in [0.05, 0.1) is 34.1 Å². The summed E-state index contributed by atoms with van der Waals surface area (Å²) in [4.78, 5) is 9.80. The smallest absolute Gasteiger partial charge is 0.252 e. The fraction of sp³-hybridized carbons (Fsp3) is 0.0426. The molecule has 7 heterocycles. The van der Waals surface area contributed by atoms with Gasteiger partial charge in [0.1, 0.15) is 46.5 Å². The normalized spacial score (nSPS) is 13.8. The fourth-order valence-electron chi connectivity index (χ4n) is 18.8. The van der Waals surface area contributed by atoms with Crippen molar-refractivity contribution in [3.63, 3.8) is 0 Å². The molecule has 0 N–H and O–H groups in total. The monoisotopic (exact) mass is 1460 g/mol. The quantitative estimate of drug-likeness (QED) is 0.111. The Morgan fingerprint density at radius 2 is 0.550 bits per heavy atom. The first-order valence-electron chi connectivity index (χ1n) is 36.9. The van der Waals surface area contributed by atoms with E-state index in [0.29, 0.717) is 84.8 Å². The van der Waals surface area contributed by atoms with Crippen LogP contribution in [0.25, 0.3) is 44.5 Å². The molecular formula is C94H56B3F8N5O. The molecule has 0 spiro atoms. The molecule has 22 rings (SSSR count). The van der Waals surface area contributed by atoms with Gasteiger partial charge in [0.2, 0.25) is 0 Å². The zero-order chi connectivity index (χ0) is 74.9. The number of rotatable bonds is 8. The molecule has 15 aromatic rings. The highest BCUT2D eigenvalue weighted by atomic mass is 19.2. The highest BCUT2D eigenvalue weighted by Crippen LogP contribution is 2.61. The molecule has 7 aliphatic heterocycles. The molecule has 7 aliphatic rings. The van der Waals surface area contributed by atoms with Crippen molar-refractivity contribution in [3.8, 4) is 56.0 Å². The molecule has 0 atom stereocenters. The molecule has 6 nitrogen and oxygen atoms in total. The molecule has 0 saturated carbocycles. The van der Waals surface area contributed by atoms with E-state index in [4.69, 9.17) is 4.74 Å². The van der Waals surface area contributed by atoms with Gasteiger partial charge in [0.25, 0.3) is 20.1 Å². The minimum absolute atomic E-state index is 0.0699. The largest absolute Gasteiger partial charge is 0.452 e. The predicted octanol–water partition coefficient (Wildman–Crippen LogP) is 19.6. The van der Waals surface area contributed by atoms with Gasteiger partial charge >= 0.3 is 0 Å². The average molecular weight is 1460 g/mol. The first kappa shape index (κ1) is 64.9. The molecule has 0 radical (unpaired) electrons. The van der Waals surface area contributed by atoms with Crippen molar-refractivity contribution in [1.29, 1.82) is 0 Å². The zero-order valence-electron chi connectivity index (χ0n) is 59.5. The van der Waals surface area contributed by atoms with E-state index in [2.05, 4.69) is 71.6 Å². The van der Waals surface area contributed by atoms with Gasteiger partial charge in [-0.2, -0.15) is 0 Å². The SMILES string of the molecule is CC(C)(C)c1cc2c3c(c1)N(c1cc(F)cc(F)c1)c1cc4c(cc1B3c1ccc(-c3ccccc3)cc1N2c1cc(F)cc(F)c1)B1c2ccc(-c3ccccc3)c3c2N2c5c(ccc(-c6ccccc6)c5O3)B3c5ccc(-c6ccccc6)cc5N(c5cc(F)cc(F)c5)c5cc(c1c2c53)N4c1cc(F)cc(F)c1. The van der Waals surface area contributed by atoms with Crippen molar-refractivity contribution >= 4 is 155 Å². The molecular weight excluding hydrogens is 1400 g/mol. The average Bonchev–Trinajstić information content (AvgIpc) is 0.655. The molecule has 15 aromatic carbocycles. The van der Waals surface area contributed by atoms with Crippen molar-refractivity contribution in [2.45, 2.75) is 26.2 Å². The Labute approximate surface area is 634 Å². The van der Waals surface area contributed by atoms with Gasteiger partial charge in [0, 0.05) is 86.6 Å². The molecule has 111 heavy (non-hydrogen) atoms. The van der Waals surface area contributed by atoms with E-state index in [1.807, 2.05) is 186 Å². The molecule has 0 aromatic heterocycles. The van der Waals surface area contributed by atoms with Gasteiger partial charge in [-0.25, -0.2) is 35.1 Å². The Hall–Kier alpha value is -13.3. The van der Waals surface area contributed by atoms with Gasteiger partial charge in [-0.05, 0) is 178 Å². The number of benzene rings is 15. The van der Waals surface area contributed by atoms with Gasteiger partial charge in [-0.1, -0.05) is 197 Å². The summed E-state index contributed by atoms with van der Waals surface area (Å²) in [6.45, 7) is 3.95. The summed E-state index contributed by atoms with van der Waals surface area (Å²) in [5.74, 6) is -5.63. The Morgan fingerprint density at radius 3 is 0.910 bits per heavy atom. The van der Waals surface area contributed by atoms with Crippen molar-refractivity contribution in [3.05, 3.63) is 337 Å². The molecule has 528 valence electrons. The molecule has 0 bridgehead atoms. The Kier molecular flexibility index (Phi) is 13.8. The Bertz CT molecular complexity index is 6530. The topological polar surface area (TPSA) is 25.4 Å². The first-order valence-corrected chi connectivity index (χ1v) is 36.9. The van der Waals surface area contributed by atoms with E-state index in [9.17, 15) is 0 Å². The van der Waals surface area contributed by atoms with Crippen LogP contribution < -0.4 is 78.4 Å². The van der Waals surface area contributed by atoms with E-state index in [1.54, 1.807) is 0 Å². The third-order valence-corrected chi connectivity index (χ3v) is 23.2. The van der Waals surface area contributed by atoms with E-state index in [0.717, 1.165) is 113 Å². The van der Waals surface area contributed by atoms with Crippen molar-refractivity contribution in [2.75, 3.05) is 24.5 Å². The van der Waals surface area contributed by atoms with E-state index < -0.39 is 72.1 Å². The summed E-state index contributed by atoms with van der Waals surface area (Å²) >= 11 is 0. The van der Waals surface area contributed by atoms with Crippen LogP contribution in [0, 0.1) is 46.5 Å². The summed E-state index contributed by atoms with van der Waals surface area (Å²) in [6.07, 6.45) is 0. The van der Waals surface area contributed by atoms with Crippen LogP contribution in [0.2, 0.25) is 0 Å². The number of ether oxygens (including phenoxy) is 1. The molecule has 0 fully saturated rings. The van der Waals surface area contributed by atoms with Crippen LogP contribution >= 0.6 is 0 Å². The lowest BCUT2D eigenvalue weighted by molar-refractivity contribution is 0.481. The van der Waals surface area contributed by atoms with Crippen molar-refractivity contribution in [2.24, 2.45) is 0 Å². The molecule has 0 aliphatic carbocycles. The van der Waals surface area contributed by atoms with Crippen LogP contribution in [-0.4, -0.2) is 20.1 Å². The summed E-state index contributed by atoms with van der Waals surface area (Å²) in [7, 11) is 0. The second-order valence-electron chi connectivity index (χ2n) is 30.6. The summed E-state index contributed by atoms with van der Waals surface area (Å²) in [6, 6.07) is 84.5. The van der Waals surface area contributed by atoms with Crippen LogP contribution in [-0.2, 0) is 5.41 Å². The van der Waals surface area contributed by atoms with Crippen LogP contribution in [0.3, 0.4) is 0 Å². The minimum Gasteiger partial charge on any atom is -0.452 e. The van der Waals surface area contributed by atoms with Crippen LogP contribution in [0.15, 0.2) is 285 Å². The van der Waals surface area contributed by atoms with Gasteiger partial charge in [-0.3, -0.25) is 0 Å². The highest BCUT2D eigenvalue weighted by Gasteiger charge is 2.56. The number of halogens is 8. The maximum Gasteiger partial charge on any atom is 0.252 e. The number of hydrogen-bond acceptors (Lipinski definition) is 6. The predicted molar refractivity (Wildman–Crippen MR) is 434 cm³/mol. The van der Waals surface area contributed by atoms with E-state index in [-0.39, 0.29) is 22.7 Å². The van der Waals surface area contributed by atoms with Gasteiger partial charge < -0.3 is 29.2 Å². The number of anilines is 15. The third kappa shape index (κ3) is 9.60. The lowest BCUT2D eigenvalue weighted by Gasteiger charge is -2.53. The summed E-state index contributed by atoms with van der Waals surface area (Å²) < 4.78 is 141. The summed E-state index contributed by atoms with van der Waals surface area (Å²) in [5, 5.41) is 0. The first-order chi connectivity index (χ1) is 53.9. The Balaban J connectivity index is 0.913. The summed E-state index contributed by atoms with van der Waals surface area (Å²) in [5.41, 5.74) is 20.4. The Morgan fingerprint density at radius 1 is 0.243 bits per heavy atom. The molecule has 17 heteroatoms. The maximum absolute atomic E-state index is 17.1. The molecule has 0 saturated heterocycles. The van der Waals surface area contributed by atoms with E-state index in [1.165, 1.54) is 48.5 Å². The maximum atomic E-state index is 17.1. The third-order valence-electron chi connectivity index (χ3n) is 23.2. The van der Waals surface area contributed by atoms with Crippen LogP contribution in [0.1, 0.15) is 26.3 Å². The van der Waals surface area contributed by atoms with Gasteiger partial charge in [-0.15, -0.1) is 0 Å². The van der Waals surface area contributed by atoms with Crippen LogP contribution in [0.4, 0.5) is 120 Å². The lowest BCUT2D eigenvalue weighted by Crippen LogP contribution is -2.69. The number of hydrogen-bond donors (Lipinski definition) is 0. The number of fused-ring (bicyclic) bond motifs is 10. The van der Waals surface area contributed by atoms with E-state index >= 15 is 35.1 Å². The van der Waals surface area contributed by atoms with Crippen LogP contribution in [0.5, 0.6) is 11.5 Å². The molecule has 0 amide bonds. The lowest BCUT2D eigenvalue weighted by atomic mass is 9.27. The number of nitrogens with zero attached hydrogens (tertiary/aromatic N) is 5. The zero-order valence-corrected chi connectivity index (χ0v) is 59.5. The second kappa shape index (κ2) is 23.6.